The lowest BCUT2D eigenvalue weighted by molar-refractivity contribution is 0.245. The van der Waals surface area contributed by atoms with Crippen molar-refractivity contribution in [1.29, 1.82) is 0 Å². The van der Waals surface area contributed by atoms with Crippen LogP contribution in [0.5, 0.6) is 5.75 Å². The summed E-state index contributed by atoms with van der Waals surface area (Å²) in [5.41, 5.74) is 1.19. The van der Waals surface area contributed by atoms with Gasteiger partial charge in [0.25, 0.3) is 0 Å². The topological polar surface area (TPSA) is 75.7 Å². The molecule has 1 aromatic carbocycles. The van der Waals surface area contributed by atoms with Crippen LogP contribution in [-0.2, 0) is 0 Å². The molecule has 6 heteroatoms. The number of rotatable bonds is 3. The van der Waals surface area contributed by atoms with Gasteiger partial charge >= 0.3 is 0 Å². The molecule has 0 bridgehead atoms. The molecule has 1 aliphatic heterocycles. The highest BCUT2D eigenvalue weighted by Crippen LogP contribution is 2.32. The van der Waals surface area contributed by atoms with Gasteiger partial charge in [0.1, 0.15) is 5.75 Å². The SMILES string of the molecule is CC(NC1CCOc2ccccc21)c1nn[nH]n1. The molecule has 0 saturated carbocycles. The minimum absolute atomic E-state index is 0.0555. The lowest BCUT2D eigenvalue weighted by Crippen LogP contribution is -2.29. The van der Waals surface area contributed by atoms with Crippen molar-refractivity contribution in [1.82, 2.24) is 25.9 Å². The molecule has 0 amide bonds. The van der Waals surface area contributed by atoms with Gasteiger partial charge in [-0.1, -0.05) is 23.4 Å². The molecule has 94 valence electrons. The number of hydrogen-bond acceptors (Lipinski definition) is 5. The van der Waals surface area contributed by atoms with E-state index in [4.69, 9.17) is 4.74 Å². The third-order valence-corrected chi connectivity index (χ3v) is 3.16. The Morgan fingerprint density at radius 1 is 1.44 bits per heavy atom. The number of H-pyrrole nitrogens is 1. The minimum Gasteiger partial charge on any atom is -0.493 e. The zero-order chi connectivity index (χ0) is 12.4. The van der Waals surface area contributed by atoms with Crippen LogP contribution in [0, 0.1) is 0 Å². The fraction of sp³-hybridized carbons (Fsp3) is 0.417. The average molecular weight is 245 g/mol. The van der Waals surface area contributed by atoms with E-state index in [9.17, 15) is 0 Å². The summed E-state index contributed by atoms with van der Waals surface area (Å²) in [6.07, 6.45) is 0.944. The standard InChI is InChI=1S/C12H15N5O/c1-8(12-14-16-17-15-12)13-10-6-7-18-11-5-3-2-4-9(10)11/h2-5,8,10,13H,6-7H2,1H3,(H,14,15,16,17). The summed E-state index contributed by atoms with van der Waals surface area (Å²) in [4.78, 5) is 0. The predicted molar refractivity (Wildman–Crippen MR) is 65.0 cm³/mol. The predicted octanol–water partition coefficient (Wildman–Crippen LogP) is 1.37. The van der Waals surface area contributed by atoms with Crippen molar-refractivity contribution in [2.45, 2.75) is 25.4 Å². The molecule has 1 aromatic heterocycles. The number of ether oxygens (including phenoxy) is 1. The molecule has 2 N–H and O–H groups in total. The van der Waals surface area contributed by atoms with Crippen molar-refractivity contribution >= 4 is 0 Å². The van der Waals surface area contributed by atoms with Gasteiger partial charge in [0, 0.05) is 18.0 Å². The Kier molecular flexibility index (Phi) is 2.93. The third-order valence-electron chi connectivity index (χ3n) is 3.16. The van der Waals surface area contributed by atoms with Gasteiger partial charge in [0.2, 0.25) is 0 Å². The molecular weight excluding hydrogens is 230 g/mol. The van der Waals surface area contributed by atoms with Gasteiger partial charge in [-0.25, -0.2) is 0 Å². The Bertz CT molecular complexity index is 513. The van der Waals surface area contributed by atoms with E-state index in [1.54, 1.807) is 0 Å². The van der Waals surface area contributed by atoms with Crippen LogP contribution in [-0.4, -0.2) is 27.2 Å². The number of benzene rings is 1. The van der Waals surface area contributed by atoms with Crippen molar-refractivity contribution in [3.63, 3.8) is 0 Å². The number of hydrogen-bond donors (Lipinski definition) is 2. The lowest BCUT2D eigenvalue weighted by atomic mass is 10.00. The highest BCUT2D eigenvalue weighted by molar-refractivity contribution is 5.37. The highest BCUT2D eigenvalue weighted by atomic mass is 16.5. The second kappa shape index (κ2) is 4.73. The number of fused-ring (bicyclic) bond motifs is 1. The zero-order valence-electron chi connectivity index (χ0n) is 10.1. The quantitative estimate of drug-likeness (QED) is 0.854. The summed E-state index contributed by atoms with van der Waals surface area (Å²) < 4.78 is 5.64. The van der Waals surface area contributed by atoms with E-state index < -0.39 is 0 Å². The second-order valence-electron chi connectivity index (χ2n) is 4.39. The van der Waals surface area contributed by atoms with Crippen LogP contribution in [0.4, 0.5) is 0 Å². The normalized spacial score (nSPS) is 19.9. The summed E-state index contributed by atoms with van der Waals surface area (Å²) in [7, 11) is 0. The van der Waals surface area contributed by atoms with Crippen molar-refractivity contribution in [3.05, 3.63) is 35.7 Å². The third kappa shape index (κ3) is 2.06. The van der Waals surface area contributed by atoms with Gasteiger partial charge in [0.15, 0.2) is 5.82 Å². The minimum atomic E-state index is 0.0555. The van der Waals surface area contributed by atoms with Crippen LogP contribution in [0.1, 0.15) is 36.8 Å². The Morgan fingerprint density at radius 2 is 2.33 bits per heavy atom. The Morgan fingerprint density at radius 3 is 3.17 bits per heavy atom. The number of tetrazole rings is 1. The van der Waals surface area contributed by atoms with Gasteiger partial charge < -0.3 is 10.1 Å². The van der Waals surface area contributed by atoms with Crippen LogP contribution in [0.25, 0.3) is 0 Å². The monoisotopic (exact) mass is 245 g/mol. The van der Waals surface area contributed by atoms with Gasteiger partial charge in [-0.2, -0.15) is 5.21 Å². The molecule has 2 aromatic rings. The maximum atomic E-state index is 5.64. The molecular formula is C12H15N5O. The van der Waals surface area contributed by atoms with E-state index in [0.717, 1.165) is 18.8 Å². The van der Waals surface area contributed by atoms with Gasteiger partial charge in [-0.3, -0.25) is 0 Å². The lowest BCUT2D eigenvalue weighted by Gasteiger charge is -2.28. The molecule has 2 atom stereocenters. The van der Waals surface area contributed by atoms with Crippen LogP contribution in [0.3, 0.4) is 0 Å². The maximum absolute atomic E-state index is 5.64. The number of aromatic amines is 1. The molecule has 18 heavy (non-hydrogen) atoms. The van der Waals surface area contributed by atoms with Crippen molar-refractivity contribution in [3.8, 4) is 5.75 Å². The zero-order valence-corrected chi connectivity index (χ0v) is 10.1. The van der Waals surface area contributed by atoms with Gasteiger partial charge in [0.05, 0.1) is 12.6 Å². The second-order valence-corrected chi connectivity index (χ2v) is 4.39. The molecule has 0 saturated heterocycles. The first-order valence-corrected chi connectivity index (χ1v) is 6.05. The first-order valence-electron chi connectivity index (χ1n) is 6.05. The van der Waals surface area contributed by atoms with Crippen LogP contribution in [0.15, 0.2) is 24.3 Å². The first-order chi connectivity index (χ1) is 8.84. The fourth-order valence-corrected chi connectivity index (χ4v) is 2.24. The maximum Gasteiger partial charge on any atom is 0.191 e. The Balaban J connectivity index is 1.78. The molecule has 2 heterocycles. The van der Waals surface area contributed by atoms with E-state index in [2.05, 4.69) is 32.0 Å². The molecule has 2 unspecified atom stereocenters. The average Bonchev–Trinajstić information content (AvgIpc) is 2.93. The van der Waals surface area contributed by atoms with Gasteiger partial charge in [-0.15, -0.1) is 10.2 Å². The molecule has 3 rings (SSSR count). The fourth-order valence-electron chi connectivity index (χ4n) is 2.24. The van der Waals surface area contributed by atoms with Crippen LogP contribution >= 0.6 is 0 Å². The van der Waals surface area contributed by atoms with E-state index in [1.807, 2.05) is 25.1 Å². The molecule has 0 aliphatic carbocycles. The van der Waals surface area contributed by atoms with Crippen molar-refractivity contribution in [2.24, 2.45) is 0 Å². The van der Waals surface area contributed by atoms with E-state index >= 15 is 0 Å². The molecule has 0 fully saturated rings. The Hall–Kier alpha value is -1.95. The van der Waals surface area contributed by atoms with Crippen LogP contribution in [0.2, 0.25) is 0 Å². The number of nitrogens with one attached hydrogen (secondary N) is 2. The summed E-state index contributed by atoms with van der Waals surface area (Å²) in [6.45, 7) is 2.76. The van der Waals surface area contributed by atoms with Gasteiger partial charge in [-0.05, 0) is 13.0 Å². The summed E-state index contributed by atoms with van der Waals surface area (Å²) in [6, 6.07) is 8.44. The molecule has 1 aliphatic rings. The smallest absolute Gasteiger partial charge is 0.191 e. The van der Waals surface area contributed by atoms with E-state index in [-0.39, 0.29) is 12.1 Å². The number of para-hydroxylation sites is 1. The summed E-state index contributed by atoms with van der Waals surface area (Å²) in [5, 5.41) is 17.6. The molecule has 0 radical (unpaired) electrons. The van der Waals surface area contributed by atoms with Crippen molar-refractivity contribution in [2.75, 3.05) is 6.61 Å². The summed E-state index contributed by atoms with van der Waals surface area (Å²) in [5.74, 6) is 1.64. The molecule has 6 nitrogen and oxygen atoms in total. The van der Waals surface area contributed by atoms with Crippen LogP contribution < -0.4 is 10.1 Å². The first kappa shape index (κ1) is 11.2. The van der Waals surface area contributed by atoms with E-state index in [0.29, 0.717) is 5.82 Å². The van der Waals surface area contributed by atoms with E-state index in [1.165, 1.54) is 5.56 Å². The number of aromatic nitrogens is 4. The molecule has 0 spiro atoms. The highest BCUT2D eigenvalue weighted by Gasteiger charge is 2.23. The summed E-state index contributed by atoms with van der Waals surface area (Å²) >= 11 is 0. The number of nitrogens with zero attached hydrogens (tertiary/aromatic N) is 3. The van der Waals surface area contributed by atoms with Crippen molar-refractivity contribution < 1.29 is 4.74 Å². The Labute approximate surface area is 105 Å². The largest absolute Gasteiger partial charge is 0.493 e.